The molecule has 7 heteroatoms. The molecule has 1 amide bonds. The molecular formula is C11H14N4O3. The Balaban J connectivity index is 2.25. The number of rotatable bonds is 1. The van der Waals surface area contributed by atoms with Gasteiger partial charge in [0, 0.05) is 6.20 Å². The van der Waals surface area contributed by atoms with Crippen molar-refractivity contribution in [3.63, 3.8) is 0 Å². The van der Waals surface area contributed by atoms with Crippen LogP contribution in [0.25, 0.3) is 5.52 Å². The summed E-state index contributed by atoms with van der Waals surface area (Å²) in [6.45, 7) is 5.30. The van der Waals surface area contributed by atoms with Crippen LogP contribution >= 0.6 is 0 Å². The van der Waals surface area contributed by atoms with Gasteiger partial charge in [-0.15, -0.1) is 0 Å². The summed E-state index contributed by atoms with van der Waals surface area (Å²) in [5.41, 5.74) is -0.404. The lowest BCUT2D eigenvalue weighted by atomic mass is 10.2. The molecule has 0 aliphatic rings. The van der Waals surface area contributed by atoms with E-state index in [1.165, 1.54) is 16.9 Å². The number of carbonyl (C=O) groups excluding carboxylic acids is 1. The van der Waals surface area contributed by atoms with Gasteiger partial charge in [0.2, 0.25) is 0 Å². The minimum absolute atomic E-state index is 0.287. The van der Waals surface area contributed by atoms with E-state index >= 15 is 0 Å². The third kappa shape index (κ3) is 2.50. The number of carbonyl (C=O) groups is 1. The third-order valence-corrected chi connectivity index (χ3v) is 2.09. The molecule has 2 aromatic rings. The molecule has 96 valence electrons. The van der Waals surface area contributed by atoms with Crippen LogP contribution in [0, 0.1) is 0 Å². The van der Waals surface area contributed by atoms with Crippen molar-refractivity contribution in [1.82, 2.24) is 14.4 Å². The van der Waals surface area contributed by atoms with Crippen molar-refractivity contribution < 1.29 is 9.53 Å². The minimum Gasteiger partial charge on any atom is -0.444 e. The monoisotopic (exact) mass is 250 g/mol. The highest BCUT2D eigenvalue weighted by Crippen LogP contribution is 2.14. The Hall–Kier alpha value is -2.31. The number of ether oxygens (including phenoxy) is 1. The van der Waals surface area contributed by atoms with Crippen molar-refractivity contribution >= 4 is 17.4 Å². The molecule has 0 spiro atoms. The number of nitrogens with one attached hydrogen (secondary N) is 2. The molecule has 0 atom stereocenters. The molecular weight excluding hydrogens is 236 g/mol. The summed E-state index contributed by atoms with van der Waals surface area (Å²) in [4.78, 5) is 29.5. The van der Waals surface area contributed by atoms with Gasteiger partial charge in [0.05, 0.1) is 5.52 Å². The van der Waals surface area contributed by atoms with Crippen LogP contribution in [0.3, 0.4) is 0 Å². The first-order valence-corrected chi connectivity index (χ1v) is 5.41. The van der Waals surface area contributed by atoms with Gasteiger partial charge in [-0.2, -0.15) is 0 Å². The van der Waals surface area contributed by atoms with Gasteiger partial charge in [0.15, 0.2) is 5.82 Å². The number of anilines is 1. The van der Waals surface area contributed by atoms with Crippen molar-refractivity contribution in [2.45, 2.75) is 26.4 Å². The molecule has 2 N–H and O–H groups in total. The molecule has 0 bridgehead atoms. The number of hydrogen-bond donors (Lipinski definition) is 2. The fourth-order valence-electron chi connectivity index (χ4n) is 1.44. The van der Waals surface area contributed by atoms with E-state index in [0.29, 0.717) is 5.52 Å². The Kier molecular flexibility index (Phi) is 2.82. The van der Waals surface area contributed by atoms with Crippen molar-refractivity contribution in [3.8, 4) is 0 Å². The van der Waals surface area contributed by atoms with Gasteiger partial charge in [0.25, 0.3) is 0 Å². The number of hydrogen-bond acceptors (Lipinski definition) is 4. The second-order valence-electron chi connectivity index (χ2n) is 4.76. The smallest absolute Gasteiger partial charge is 0.413 e. The molecule has 2 heterocycles. The molecule has 0 saturated carbocycles. The van der Waals surface area contributed by atoms with Crippen LogP contribution in [-0.4, -0.2) is 26.1 Å². The molecule has 7 nitrogen and oxygen atoms in total. The Morgan fingerprint density at radius 3 is 2.89 bits per heavy atom. The highest BCUT2D eigenvalue weighted by atomic mass is 16.6. The summed E-state index contributed by atoms with van der Waals surface area (Å²) in [6.07, 6.45) is 2.21. The van der Waals surface area contributed by atoms with Crippen LogP contribution < -0.4 is 11.0 Å². The zero-order valence-electron chi connectivity index (χ0n) is 10.4. The van der Waals surface area contributed by atoms with Gasteiger partial charge in [-0.05, 0) is 26.8 Å². The molecule has 2 rings (SSSR count). The first-order valence-electron chi connectivity index (χ1n) is 5.41. The number of amides is 1. The quantitative estimate of drug-likeness (QED) is 0.800. The number of nitrogens with zero attached hydrogens (tertiary/aromatic N) is 2. The van der Waals surface area contributed by atoms with E-state index in [1.807, 2.05) is 0 Å². The van der Waals surface area contributed by atoms with Crippen LogP contribution in [0.2, 0.25) is 0 Å². The fourth-order valence-corrected chi connectivity index (χ4v) is 1.44. The second-order valence-corrected chi connectivity index (χ2v) is 4.76. The van der Waals surface area contributed by atoms with E-state index in [4.69, 9.17) is 4.74 Å². The van der Waals surface area contributed by atoms with Crippen LogP contribution in [0.1, 0.15) is 20.8 Å². The predicted molar refractivity (Wildman–Crippen MR) is 65.7 cm³/mol. The minimum atomic E-state index is -0.608. The average Bonchev–Trinajstić information content (AvgIpc) is 2.60. The lowest BCUT2D eigenvalue weighted by molar-refractivity contribution is 0.0635. The fraction of sp³-hybridized carbons (Fsp3) is 0.364. The lowest BCUT2D eigenvalue weighted by Crippen LogP contribution is -2.27. The van der Waals surface area contributed by atoms with E-state index in [2.05, 4.69) is 15.3 Å². The van der Waals surface area contributed by atoms with Crippen LogP contribution in [-0.2, 0) is 4.74 Å². The van der Waals surface area contributed by atoms with Gasteiger partial charge < -0.3 is 9.72 Å². The SMILES string of the molecule is CC(C)(C)OC(=O)Nc1ncn2c(=O)[nH]ccc12. The average molecular weight is 250 g/mol. The van der Waals surface area contributed by atoms with Crippen molar-refractivity contribution in [2.24, 2.45) is 0 Å². The predicted octanol–water partition coefficient (Wildman–Crippen LogP) is 1.37. The number of H-pyrrole nitrogens is 1. The Bertz CT molecular complexity index is 636. The van der Waals surface area contributed by atoms with Gasteiger partial charge in [-0.3, -0.25) is 5.32 Å². The standard InChI is InChI=1S/C11H14N4O3/c1-11(2,3)18-10(17)14-8-7-4-5-12-9(16)15(7)6-13-8/h4-6H,1-3H3,(H,12,16)(H,14,17). The molecule has 0 unspecified atom stereocenters. The molecule has 2 aromatic heterocycles. The van der Waals surface area contributed by atoms with Crippen molar-refractivity contribution in [1.29, 1.82) is 0 Å². The molecule has 0 saturated heterocycles. The zero-order chi connectivity index (χ0) is 13.3. The molecule has 18 heavy (non-hydrogen) atoms. The molecule has 0 fully saturated rings. The number of aromatic nitrogens is 3. The molecule has 0 aliphatic carbocycles. The largest absolute Gasteiger partial charge is 0.444 e. The Morgan fingerprint density at radius 1 is 1.50 bits per heavy atom. The highest BCUT2D eigenvalue weighted by Gasteiger charge is 2.17. The van der Waals surface area contributed by atoms with Gasteiger partial charge in [-0.1, -0.05) is 0 Å². The van der Waals surface area contributed by atoms with E-state index < -0.39 is 11.7 Å². The summed E-state index contributed by atoms with van der Waals surface area (Å²) in [6, 6.07) is 1.64. The first-order chi connectivity index (χ1) is 8.37. The maximum atomic E-state index is 11.6. The van der Waals surface area contributed by atoms with Gasteiger partial charge in [0.1, 0.15) is 11.9 Å². The maximum absolute atomic E-state index is 11.6. The van der Waals surface area contributed by atoms with Crippen molar-refractivity contribution in [2.75, 3.05) is 5.32 Å². The lowest BCUT2D eigenvalue weighted by Gasteiger charge is -2.19. The Morgan fingerprint density at radius 2 is 2.22 bits per heavy atom. The van der Waals surface area contributed by atoms with Crippen LogP contribution in [0.5, 0.6) is 0 Å². The third-order valence-electron chi connectivity index (χ3n) is 2.09. The van der Waals surface area contributed by atoms with E-state index in [1.54, 1.807) is 26.8 Å². The zero-order valence-corrected chi connectivity index (χ0v) is 10.4. The van der Waals surface area contributed by atoms with Crippen molar-refractivity contribution in [3.05, 3.63) is 29.1 Å². The normalized spacial score (nSPS) is 11.5. The van der Waals surface area contributed by atoms with Gasteiger partial charge >= 0.3 is 11.8 Å². The first kappa shape index (κ1) is 12.2. The van der Waals surface area contributed by atoms with E-state index in [0.717, 1.165) is 0 Å². The molecule has 0 aromatic carbocycles. The topological polar surface area (TPSA) is 88.5 Å². The number of fused-ring (bicyclic) bond motifs is 1. The summed E-state index contributed by atoms with van der Waals surface area (Å²) >= 11 is 0. The van der Waals surface area contributed by atoms with Crippen LogP contribution in [0.4, 0.5) is 10.6 Å². The van der Waals surface area contributed by atoms with Gasteiger partial charge in [-0.25, -0.2) is 19.0 Å². The van der Waals surface area contributed by atoms with E-state index in [9.17, 15) is 9.59 Å². The number of aromatic amines is 1. The van der Waals surface area contributed by atoms with Crippen LogP contribution in [0.15, 0.2) is 23.4 Å². The summed E-state index contributed by atoms with van der Waals surface area (Å²) in [7, 11) is 0. The maximum Gasteiger partial charge on any atom is 0.413 e. The highest BCUT2D eigenvalue weighted by molar-refractivity contribution is 5.88. The summed E-state index contributed by atoms with van der Waals surface area (Å²) in [5, 5.41) is 2.50. The Labute approximate surface area is 103 Å². The summed E-state index contributed by atoms with van der Waals surface area (Å²) in [5.74, 6) is 0.287. The molecule has 0 radical (unpaired) electrons. The number of imidazole rings is 1. The second kappa shape index (κ2) is 4.17. The summed E-state index contributed by atoms with van der Waals surface area (Å²) < 4.78 is 6.40. The molecule has 0 aliphatic heterocycles. The van der Waals surface area contributed by atoms with E-state index in [-0.39, 0.29) is 11.5 Å².